The van der Waals surface area contributed by atoms with Crippen LogP contribution < -0.4 is 16.0 Å². The van der Waals surface area contributed by atoms with Crippen LogP contribution in [0.1, 0.15) is 59.4 Å². The van der Waals surface area contributed by atoms with Gasteiger partial charge in [0.1, 0.15) is 0 Å². The lowest BCUT2D eigenvalue weighted by molar-refractivity contribution is -0.151. The summed E-state index contributed by atoms with van der Waals surface area (Å²) in [5, 5.41) is 1.98. The van der Waals surface area contributed by atoms with E-state index in [1.54, 1.807) is 0 Å². The monoisotopic (exact) mass is 413 g/mol. The summed E-state index contributed by atoms with van der Waals surface area (Å²) in [7, 11) is 3.42. The van der Waals surface area contributed by atoms with E-state index < -0.39 is 5.41 Å². The van der Waals surface area contributed by atoms with Crippen molar-refractivity contribution in [2.45, 2.75) is 44.9 Å². The van der Waals surface area contributed by atoms with E-state index in [1.165, 1.54) is 18.2 Å². The van der Waals surface area contributed by atoms with Crippen LogP contribution in [0.3, 0.4) is 0 Å². The molecule has 2 aromatic carbocycles. The molecule has 0 bridgehead atoms. The number of ether oxygens (including phenoxy) is 1. The third kappa shape index (κ3) is 3.17. The number of methoxy groups -OCH3 is 1. The Kier molecular flexibility index (Phi) is 4.99. The Hall–Kier alpha value is -2.24. The molecule has 1 aliphatic carbocycles. The maximum Gasteiger partial charge on any atom is 0.312 e. The van der Waals surface area contributed by atoms with Crippen molar-refractivity contribution >= 4 is 28.9 Å². The average Bonchev–Trinajstić information content (AvgIpc) is 3.26. The highest BCUT2D eigenvalue weighted by Crippen LogP contribution is 2.48. The van der Waals surface area contributed by atoms with Crippen molar-refractivity contribution in [1.82, 2.24) is 5.53 Å². The second kappa shape index (κ2) is 7.22. The highest BCUT2D eigenvalue weighted by molar-refractivity contribution is 6.21. The molecule has 0 amide bonds. The van der Waals surface area contributed by atoms with E-state index in [0.717, 1.165) is 40.9 Å². The van der Waals surface area contributed by atoms with Gasteiger partial charge in [-0.2, -0.15) is 0 Å². The van der Waals surface area contributed by atoms with Gasteiger partial charge in [-0.25, -0.2) is 0 Å². The molecule has 1 heterocycles. The standard InChI is InChI=1S/C23H28ClN3O2/c1-13-16(9-11-19-21(13)25-26-27(19)4)20(23(2,3)22(28)29-5)15-7-6-14-8-10-18(24)17(14)12-15/h6-7,9,11-12,18,20,25-26H,8,10H2,1-5H3. The van der Waals surface area contributed by atoms with Crippen molar-refractivity contribution in [3.63, 3.8) is 0 Å². The molecule has 6 heteroatoms. The minimum absolute atomic E-state index is 0.0347. The third-order valence-electron chi connectivity index (χ3n) is 6.45. The van der Waals surface area contributed by atoms with Gasteiger partial charge in [-0.3, -0.25) is 9.80 Å². The molecule has 4 rings (SSSR count). The number of carbonyl (C=O) groups excluding carboxylic acids is 1. The zero-order chi connectivity index (χ0) is 20.9. The van der Waals surface area contributed by atoms with Crippen molar-refractivity contribution < 1.29 is 9.53 Å². The second-order valence-electron chi connectivity index (χ2n) is 8.58. The molecule has 2 N–H and O–H groups in total. The van der Waals surface area contributed by atoms with Gasteiger partial charge in [0.15, 0.2) is 0 Å². The van der Waals surface area contributed by atoms with Crippen LogP contribution in [0.25, 0.3) is 0 Å². The molecule has 2 aliphatic rings. The average molecular weight is 414 g/mol. The SMILES string of the molecule is COC(=O)C(C)(C)C(c1ccc2c(c1)C(Cl)CC2)c1ccc2c(c1C)NNN2C. The lowest BCUT2D eigenvalue weighted by Gasteiger charge is -2.34. The summed E-state index contributed by atoms with van der Waals surface area (Å²) >= 11 is 6.58. The van der Waals surface area contributed by atoms with Crippen LogP contribution >= 0.6 is 11.6 Å². The van der Waals surface area contributed by atoms with Crippen molar-refractivity contribution in [2.24, 2.45) is 5.41 Å². The summed E-state index contributed by atoms with van der Waals surface area (Å²) in [5.41, 5.74) is 13.5. The number of aryl methyl sites for hydroxylation is 1. The Morgan fingerprint density at radius 1 is 1.31 bits per heavy atom. The van der Waals surface area contributed by atoms with E-state index in [4.69, 9.17) is 16.3 Å². The molecule has 0 saturated carbocycles. The topological polar surface area (TPSA) is 53.6 Å². The first kappa shape index (κ1) is 20.0. The Balaban J connectivity index is 1.90. The first-order chi connectivity index (χ1) is 13.8. The van der Waals surface area contributed by atoms with Crippen LogP contribution in [0, 0.1) is 12.3 Å². The zero-order valence-corrected chi connectivity index (χ0v) is 18.4. The number of anilines is 2. The lowest BCUT2D eigenvalue weighted by atomic mass is 9.69. The van der Waals surface area contributed by atoms with Gasteiger partial charge in [-0.05, 0) is 67.5 Å². The first-order valence-corrected chi connectivity index (χ1v) is 10.4. The molecule has 2 aromatic rings. The number of hydrogen-bond donors (Lipinski definition) is 2. The van der Waals surface area contributed by atoms with Crippen molar-refractivity contribution in [1.29, 1.82) is 0 Å². The maximum atomic E-state index is 12.8. The first-order valence-electron chi connectivity index (χ1n) is 9.99. The summed E-state index contributed by atoms with van der Waals surface area (Å²) in [6.45, 7) is 6.01. The summed E-state index contributed by atoms with van der Waals surface area (Å²) in [6.07, 6.45) is 1.97. The number of benzene rings is 2. The minimum Gasteiger partial charge on any atom is -0.469 e. The Bertz CT molecular complexity index is 973. The van der Waals surface area contributed by atoms with Gasteiger partial charge < -0.3 is 10.2 Å². The maximum absolute atomic E-state index is 12.8. The smallest absolute Gasteiger partial charge is 0.312 e. The van der Waals surface area contributed by atoms with Gasteiger partial charge in [0.2, 0.25) is 0 Å². The number of hydrogen-bond acceptors (Lipinski definition) is 5. The van der Waals surface area contributed by atoms with E-state index in [-0.39, 0.29) is 17.3 Å². The molecule has 5 nitrogen and oxygen atoms in total. The van der Waals surface area contributed by atoms with Crippen LogP contribution in [-0.4, -0.2) is 20.1 Å². The largest absolute Gasteiger partial charge is 0.469 e. The van der Waals surface area contributed by atoms with E-state index in [2.05, 4.69) is 48.2 Å². The minimum atomic E-state index is -0.750. The fourth-order valence-corrected chi connectivity index (χ4v) is 5.09. The van der Waals surface area contributed by atoms with Crippen LogP contribution in [0.5, 0.6) is 0 Å². The number of halogens is 1. The van der Waals surface area contributed by atoms with E-state index in [0.29, 0.717) is 0 Å². The molecule has 0 radical (unpaired) electrons. The lowest BCUT2D eigenvalue weighted by Crippen LogP contribution is -2.34. The van der Waals surface area contributed by atoms with E-state index in [9.17, 15) is 4.79 Å². The number of hydrazine groups is 2. The highest BCUT2D eigenvalue weighted by atomic mass is 35.5. The Morgan fingerprint density at radius 3 is 2.79 bits per heavy atom. The van der Waals surface area contributed by atoms with Crippen molar-refractivity contribution in [2.75, 3.05) is 24.6 Å². The van der Waals surface area contributed by atoms with Gasteiger partial charge in [-0.1, -0.05) is 24.3 Å². The van der Waals surface area contributed by atoms with Gasteiger partial charge >= 0.3 is 5.97 Å². The van der Waals surface area contributed by atoms with Gasteiger partial charge in [-0.15, -0.1) is 17.1 Å². The van der Waals surface area contributed by atoms with Gasteiger partial charge in [0.25, 0.3) is 0 Å². The molecular weight excluding hydrogens is 386 g/mol. The van der Waals surface area contributed by atoms with Crippen LogP contribution in [0.2, 0.25) is 0 Å². The summed E-state index contributed by atoms with van der Waals surface area (Å²) < 4.78 is 5.20. The molecule has 1 aliphatic heterocycles. The molecule has 29 heavy (non-hydrogen) atoms. The summed E-state index contributed by atoms with van der Waals surface area (Å²) in [5.74, 6) is -0.392. The fourth-order valence-electron chi connectivity index (χ4n) is 4.78. The molecule has 0 fully saturated rings. The molecule has 2 unspecified atom stereocenters. The zero-order valence-electron chi connectivity index (χ0n) is 17.6. The fraction of sp³-hybridized carbons (Fsp3) is 0.435. The molecule has 0 aromatic heterocycles. The van der Waals surface area contributed by atoms with Crippen LogP contribution in [0.4, 0.5) is 11.4 Å². The second-order valence-corrected chi connectivity index (χ2v) is 9.11. The molecule has 154 valence electrons. The van der Waals surface area contributed by atoms with Crippen LogP contribution in [-0.2, 0) is 16.0 Å². The van der Waals surface area contributed by atoms with E-state index in [1.807, 2.05) is 25.9 Å². The number of fused-ring (bicyclic) bond motifs is 2. The number of nitrogens with zero attached hydrogens (tertiary/aromatic N) is 1. The Morgan fingerprint density at radius 2 is 2.07 bits per heavy atom. The quantitative estimate of drug-likeness (QED) is 0.555. The predicted molar refractivity (Wildman–Crippen MR) is 117 cm³/mol. The van der Waals surface area contributed by atoms with Crippen molar-refractivity contribution in [3.8, 4) is 0 Å². The van der Waals surface area contributed by atoms with Gasteiger partial charge in [0, 0.05) is 13.0 Å². The number of nitrogens with one attached hydrogen (secondary N) is 2. The number of esters is 1. The number of alkyl halides is 1. The number of rotatable bonds is 4. The molecule has 2 atom stereocenters. The summed E-state index contributed by atoms with van der Waals surface area (Å²) in [4.78, 5) is 12.8. The molecule has 0 saturated heterocycles. The normalized spacial score (nSPS) is 18.8. The highest BCUT2D eigenvalue weighted by Gasteiger charge is 2.41. The van der Waals surface area contributed by atoms with Gasteiger partial charge in [0.05, 0.1) is 29.3 Å². The molecule has 0 spiro atoms. The Labute approximate surface area is 177 Å². The van der Waals surface area contributed by atoms with Crippen LogP contribution in [0.15, 0.2) is 30.3 Å². The third-order valence-corrected chi connectivity index (χ3v) is 6.90. The van der Waals surface area contributed by atoms with E-state index >= 15 is 0 Å². The molecular formula is C23H28ClN3O2. The van der Waals surface area contributed by atoms with Crippen molar-refractivity contribution in [3.05, 3.63) is 58.1 Å². The predicted octanol–water partition coefficient (Wildman–Crippen LogP) is 4.83. The number of carbonyl (C=O) groups is 1. The summed E-state index contributed by atoms with van der Waals surface area (Å²) in [6, 6.07) is 10.7.